The van der Waals surface area contributed by atoms with Crippen LogP contribution in [0.1, 0.15) is 29.4 Å². The van der Waals surface area contributed by atoms with Crippen LogP contribution in [-0.2, 0) is 0 Å². The van der Waals surface area contributed by atoms with Crippen molar-refractivity contribution in [1.29, 1.82) is 0 Å². The predicted octanol–water partition coefficient (Wildman–Crippen LogP) is 2.99. The van der Waals surface area contributed by atoms with Gasteiger partial charge in [0.1, 0.15) is 0 Å². The van der Waals surface area contributed by atoms with Gasteiger partial charge in [-0.05, 0) is 17.5 Å². The van der Waals surface area contributed by atoms with Gasteiger partial charge in [0.25, 0.3) is 0 Å². The monoisotopic (exact) mass is 200 g/mol. The molecular weight excluding hydrogens is 184 g/mol. The van der Waals surface area contributed by atoms with E-state index in [-0.39, 0.29) is 6.61 Å². The van der Waals surface area contributed by atoms with Crippen molar-refractivity contribution < 1.29 is 5.11 Å². The highest BCUT2D eigenvalue weighted by Gasteiger charge is 2.26. The summed E-state index contributed by atoms with van der Waals surface area (Å²) in [6.45, 7) is 4.01. The quantitative estimate of drug-likeness (QED) is 0.744. The lowest BCUT2D eigenvalue weighted by Gasteiger charge is -2.04. The lowest BCUT2D eigenvalue weighted by Crippen LogP contribution is -1.88. The summed E-state index contributed by atoms with van der Waals surface area (Å²) in [5.41, 5.74) is 2.77. The SMILES string of the molecule is C=C[C@H]1CC(/C=C/CO)c2ccccc21. The molecule has 0 radical (unpaired) electrons. The molecule has 2 atom stereocenters. The fourth-order valence-corrected chi connectivity index (χ4v) is 2.34. The van der Waals surface area contributed by atoms with Crippen LogP contribution in [0.5, 0.6) is 0 Å². The first-order chi connectivity index (χ1) is 7.36. The van der Waals surface area contributed by atoms with Gasteiger partial charge in [-0.25, -0.2) is 0 Å². The van der Waals surface area contributed by atoms with Crippen LogP contribution in [-0.4, -0.2) is 11.7 Å². The first-order valence-corrected chi connectivity index (χ1v) is 5.35. The number of aliphatic hydroxyl groups excluding tert-OH is 1. The van der Waals surface area contributed by atoms with Crippen LogP contribution in [0, 0.1) is 0 Å². The van der Waals surface area contributed by atoms with Crippen molar-refractivity contribution in [3.05, 3.63) is 60.2 Å². The Labute approximate surface area is 90.8 Å². The topological polar surface area (TPSA) is 20.2 Å². The number of hydrogen-bond donors (Lipinski definition) is 1. The highest BCUT2D eigenvalue weighted by atomic mass is 16.2. The molecule has 1 aromatic rings. The molecule has 1 N–H and O–H groups in total. The van der Waals surface area contributed by atoms with Gasteiger partial charge in [0.15, 0.2) is 0 Å². The molecule has 0 bridgehead atoms. The van der Waals surface area contributed by atoms with Gasteiger partial charge in [-0.2, -0.15) is 0 Å². The van der Waals surface area contributed by atoms with E-state index in [9.17, 15) is 0 Å². The summed E-state index contributed by atoms with van der Waals surface area (Å²) in [6.07, 6.45) is 7.03. The molecule has 1 aliphatic rings. The molecule has 0 heterocycles. The highest BCUT2D eigenvalue weighted by Crippen LogP contribution is 2.42. The third-order valence-corrected chi connectivity index (χ3v) is 3.06. The molecule has 1 aromatic carbocycles. The lowest BCUT2D eigenvalue weighted by molar-refractivity contribution is 0.342. The van der Waals surface area contributed by atoms with Crippen LogP contribution in [0.15, 0.2) is 49.1 Å². The predicted molar refractivity (Wildman–Crippen MR) is 63.0 cm³/mol. The highest BCUT2D eigenvalue weighted by molar-refractivity contribution is 5.42. The molecule has 1 heteroatoms. The summed E-state index contributed by atoms with van der Waals surface area (Å²) >= 11 is 0. The van der Waals surface area contributed by atoms with Gasteiger partial charge < -0.3 is 5.11 Å². The molecule has 15 heavy (non-hydrogen) atoms. The molecule has 0 aromatic heterocycles. The second-order valence-corrected chi connectivity index (χ2v) is 3.92. The van der Waals surface area contributed by atoms with Crippen LogP contribution in [0.25, 0.3) is 0 Å². The first kappa shape index (κ1) is 10.2. The number of rotatable bonds is 3. The van der Waals surface area contributed by atoms with E-state index in [2.05, 4.69) is 36.9 Å². The Morgan fingerprint density at radius 1 is 1.27 bits per heavy atom. The zero-order chi connectivity index (χ0) is 10.7. The third kappa shape index (κ3) is 1.88. The molecule has 0 fully saturated rings. The number of aliphatic hydroxyl groups is 1. The van der Waals surface area contributed by atoms with Crippen molar-refractivity contribution in [3.8, 4) is 0 Å². The summed E-state index contributed by atoms with van der Waals surface area (Å²) in [5.74, 6) is 0.908. The van der Waals surface area contributed by atoms with E-state index in [0.29, 0.717) is 11.8 Å². The Morgan fingerprint density at radius 2 is 1.93 bits per heavy atom. The van der Waals surface area contributed by atoms with E-state index < -0.39 is 0 Å². The largest absolute Gasteiger partial charge is 0.392 e. The van der Waals surface area contributed by atoms with Crippen molar-refractivity contribution in [2.24, 2.45) is 0 Å². The molecule has 1 nitrogen and oxygen atoms in total. The molecule has 0 aliphatic heterocycles. The summed E-state index contributed by atoms with van der Waals surface area (Å²) in [6, 6.07) is 8.50. The van der Waals surface area contributed by atoms with E-state index in [4.69, 9.17) is 5.11 Å². The molecule has 78 valence electrons. The van der Waals surface area contributed by atoms with E-state index >= 15 is 0 Å². The van der Waals surface area contributed by atoms with Crippen molar-refractivity contribution in [1.82, 2.24) is 0 Å². The fourth-order valence-electron chi connectivity index (χ4n) is 2.34. The van der Waals surface area contributed by atoms with Crippen molar-refractivity contribution in [2.45, 2.75) is 18.3 Å². The molecular formula is C14H16O. The smallest absolute Gasteiger partial charge is 0.0612 e. The lowest BCUT2D eigenvalue weighted by atomic mass is 10.0. The maximum absolute atomic E-state index is 8.79. The summed E-state index contributed by atoms with van der Waals surface area (Å²) in [7, 11) is 0. The minimum absolute atomic E-state index is 0.122. The Balaban J connectivity index is 2.33. The molecule has 1 aliphatic carbocycles. The molecule has 0 amide bonds. The van der Waals surface area contributed by atoms with Crippen LogP contribution in [0.2, 0.25) is 0 Å². The van der Waals surface area contributed by atoms with Crippen molar-refractivity contribution >= 4 is 0 Å². The average Bonchev–Trinajstić information content (AvgIpc) is 2.65. The standard InChI is InChI=1S/C14H16O/c1-2-11-10-12(6-5-9-15)14-8-4-3-7-13(11)14/h2-8,11-12,15H,1,9-10H2/b6-5+/t11-,12?/m0/s1. The first-order valence-electron chi connectivity index (χ1n) is 5.35. The van der Waals surface area contributed by atoms with Crippen LogP contribution in [0.4, 0.5) is 0 Å². The Morgan fingerprint density at radius 3 is 2.53 bits per heavy atom. The summed E-state index contributed by atoms with van der Waals surface area (Å²) < 4.78 is 0. The van der Waals surface area contributed by atoms with E-state index in [1.807, 2.05) is 12.2 Å². The summed E-state index contributed by atoms with van der Waals surface area (Å²) in [4.78, 5) is 0. The number of hydrogen-bond acceptors (Lipinski definition) is 1. The molecule has 0 saturated heterocycles. The van der Waals surface area contributed by atoms with Gasteiger partial charge in [-0.15, -0.1) is 6.58 Å². The molecule has 1 unspecified atom stereocenters. The number of fused-ring (bicyclic) bond motifs is 1. The van der Waals surface area contributed by atoms with E-state index in [0.717, 1.165) is 6.42 Å². The minimum atomic E-state index is 0.122. The maximum atomic E-state index is 8.79. The van der Waals surface area contributed by atoms with Crippen molar-refractivity contribution in [3.63, 3.8) is 0 Å². The Kier molecular flexibility index (Phi) is 3.02. The number of benzene rings is 1. The second-order valence-electron chi connectivity index (χ2n) is 3.92. The van der Waals surface area contributed by atoms with Gasteiger partial charge in [-0.1, -0.05) is 42.5 Å². The minimum Gasteiger partial charge on any atom is -0.392 e. The second kappa shape index (κ2) is 4.45. The van der Waals surface area contributed by atoms with Gasteiger partial charge in [0.2, 0.25) is 0 Å². The normalized spacial score (nSPS) is 24.3. The molecule has 0 spiro atoms. The zero-order valence-electron chi connectivity index (χ0n) is 8.76. The Hall–Kier alpha value is -1.34. The van der Waals surface area contributed by atoms with Gasteiger partial charge in [-0.3, -0.25) is 0 Å². The van der Waals surface area contributed by atoms with Gasteiger partial charge in [0.05, 0.1) is 6.61 Å². The van der Waals surface area contributed by atoms with Gasteiger partial charge in [0, 0.05) is 11.8 Å². The Bertz CT molecular complexity index is 379. The summed E-state index contributed by atoms with van der Waals surface area (Å²) in [5, 5.41) is 8.79. The van der Waals surface area contributed by atoms with E-state index in [1.165, 1.54) is 11.1 Å². The molecule has 2 rings (SSSR count). The van der Waals surface area contributed by atoms with Crippen LogP contribution < -0.4 is 0 Å². The van der Waals surface area contributed by atoms with Gasteiger partial charge >= 0.3 is 0 Å². The van der Waals surface area contributed by atoms with Crippen LogP contribution in [0.3, 0.4) is 0 Å². The maximum Gasteiger partial charge on any atom is 0.0612 e. The van der Waals surface area contributed by atoms with Crippen molar-refractivity contribution in [2.75, 3.05) is 6.61 Å². The average molecular weight is 200 g/mol. The van der Waals surface area contributed by atoms with E-state index in [1.54, 1.807) is 0 Å². The van der Waals surface area contributed by atoms with Crippen LogP contribution >= 0.6 is 0 Å². The third-order valence-electron chi connectivity index (χ3n) is 3.06. The zero-order valence-corrected chi connectivity index (χ0v) is 8.76. The fraction of sp³-hybridized carbons (Fsp3) is 0.286. The number of allylic oxidation sites excluding steroid dienone is 2. The molecule has 0 saturated carbocycles.